The number of hydrogen-bond donors (Lipinski definition) is 1. The molecule has 1 aliphatic heterocycles. The number of aryl methyl sites for hydroxylation is 2. The van der Waals surface area contributed by atoms with Crippen LogP contribution in [0.15, 0.2) is 30.3 Å². The van der Waals surface area contributed by atoms with E-state index in [-0.39, 0.29) is 18.4 Å². The van der Waals surface area contributed by atoms with Crippen molar-refractivity contribution in [2.75, 3.05) is 13.1 Å². The van der Waals surface area contributed by atoms with Crippen LogP contribution in [-0.2, 0) is 4.79 Å². The van der Waals surface area contributed by atoms with Gasteiger partial charge in [0.2, 0.25) is 0 Å². The molecule has 1 amide bonds. The number of hydrogen-bond acceptors (Lipinski definition) is 3. The van der Waals surface area contributed by atoms with E-state index < -0.39 is 11.4 Å². The summed E-state index contributed by atoms with van der Waals surface area (Å²) in [6, 6.07) is 9.31. The molecule has 6 nitrogen and oxygen atoms in total. The maximum atomic E-state index is 12.8. The zero-order valence-electron chi connectivity index (χ0n) is 15.7. The quantitative estimate of drug-likeness (QED) is 0.914. The van der Waals surface area contributed by atoms with Crippen molar-refractivity contribution in [3.8, 4) is 5.69 Å². The van der Waals surface area contributed by atoms with Crippen LogP contribution in [0.3, 0.4) is 0 Å². The van der Waals surface area contributed by atoms with Crippen molar-refractivity contribution in [2.24, 2.45) is 11.3 Å². The average molecular weight is 355 g/mol. The van der Waals surface area contributed by atoms with Gasteiger partial charge in [0.1, 0.15) is 0 Å². The van der Waals surface area contributed by atoms with Gasteiger partial charge in [0, 0.05) is 24.3 Å². The maximum absolute atomic E-state index is 12.8. The molecule has 0 saturated carbocycles. The fourth-order valence-electron chi connectivity index (χ4n) is 3.72. The standard InChI is InChI=1S/C20H25N3O3/c1-13(2)20(19(25)26)9-10-22(12-20)18(24)16-5-7-17(8-6-16)23-15(4)11-14(3)21-23/h5-8,11,13H,9-10,12H2,1-4H3,(H,25,26). The summed E-state index contributed by atoms with van der Waals surface area (Å²) in [5.74, 6) is -0.956. The number of aliphatic carboxylic acids is 1. The number of carboxylic acid groups (broad SMARTS) is 1. The van der Waals surface area contributed by atoms with Crippen LogP contribution >= 0.6 is 0 Å². The van der Waals surface area contributed by atoms with Gasteiger partial charge in [-0.2, -0.15) is 5.10 Å². The summed E-state index contributed by atoms with van der Waals surface area (Å²) in [5, 5.41) is 14.1. The molecule has 138 valence electrons. The molecule has 6 heteroatoms. The molecular formula is C20H25N3O3. The van der Waals surface area contributed by atoms with Crippen LogP contribution in [0.4, 0.5) is 0 Å². The molecule has 0 spiro atoms. The van der Waals surface area contributed by atoms with Crippen molar-refractivity contribution >= 4 is 11.9 Å². The van der Waals surface area contributed by atoms with Gasteiger partial charge in [-0.25, -0.2) is 4.68 Å². The molecule has 1 N–H and O–H groups in total. The molecule has 2 heterocycles. The number of benzene rings is 1. The summed E-state index contributed by atoms with van der Waals surface area (Å²) in [7, 11) is 0. The molecule has 1 fully saturated rings. The molecule has 1 atom stereocenters. The minimum Gasteiger partial charge on any atom is -0.481 e. The second-order valence-corrected chi connectivity index (χ2v) is 7.48. The molecule has 1 aromatic heterocycles. The number of aromatic nitrogens is 2. The molecule has 1 aromatic carbocycles. The second kappa shape index (κ2) is 6.59. The first-order chi connectivity index (χ1) is 12.2. The van der Waals surface area contributed by atoms with Gasteiger partial charge >= 0.3 is 5.97 Å². The fourth-order valence-corrected chi connectivity index (χ4v) is 3.72. The lowest BCUT2D eigenvalue weighted by atomic mass is 9.76. The third-order valence-corrected chi connectivity index (χ3v) is 5.49. The first-order valence-electron chi connectivity index (χ1n) is 8.91. The monoisotopic (exact) mass is 355 g/mol. The van der Waals surface area contributed by atoms with Crippen molar-refractivity contribution in [1.82, 2.24) is 14.7 Å². The minimum absolute atomic E-state index is 0.0220. The lowest BCUT2D eigenvalue weighted by Crippen LogP contribution is -2.40. The predicted molar refractivity (Wildman–Crippen MR) is 98.5 cm³/mol. The van der Waals surface area contributed by atoms with Gasteiger partial charge in [-0.1, -0.05) is 13.8 Å². The Morgan fingerprint density at radius 1 is 1.19 bits per heavy atom. The third kappa shape index (κ3) is 3.00. The van der Waals surface area contributed by atoms with E-state index in [4.69, 9.17) is 0 Å². The number of likely N-dealkylation sites (tertiary alicyclic amines) is 1. The Morgan fingerprint density at radius 3 is 2.31 bits per heavy atom. The number of carbonyl (C=O) groups excluding carboxylic acids is 1. The van der Waals surface area contributed by atoms with Gasteiger partial charge in [0.15, 0.2) is 0 Å². The summed E-state index contributed by atoms with van der Waals surface area (Å²) in [5.41, 5.74) is 2.60. The number of carboxylic acids is 1. The highest BCUT2D eigenvalue weighted by Crippen LogP contribution is 2.38. The molecule has 1 unspecified atom stereocenters. The van der Waals surface area contributed by atoms with Gasteiger partial charge in [-0.3, -0.25) is 9.59 Å². The van der Waals surface area contributed by atoms with Gasteiger partial charge in [-0.05, 0) is 56.5 Å². The van der Waals surface area contributed by atoms with Crippen LogP contribution in [0.1, 0.15) is 42.0 Å². The smallest absolute Gasteiger partial charge is 0.311 e. The lowest BCUT2D eigenvalue weighted by molar-refractivity contribution is -0.150. The van der Waals surface area contributed by atoms with Crippen molar-refractivity contribution in [3.63, 3.8) is 0 Å². The van der Waals surface area contributed by atoms with Crippen LogP contribution in [0.25, 0.3) is 5.69 Å². The predicted octanol–water partition coefficient (Wildman–Crippen LogP) is 3.06. The van der Waals surface area contributed by atoms with Crippen LogP contribution in [0.5, 0.6) is 0 Å². The summed E-state index contributed by atoms with van der Waals surface area (Å²) >= 11 is 0. The largest absolute Gasteiger partial charge is 0.481 e. The Bertz CT molecular complexity index is 838. The summed E-state index contributed by atoms with van der Waals surface area (Å²) < 4.78 is 1.84. The Labute approximate surface area is 153 Å². The Hall–Kier alpha value is -2.63. The van der Waals surface area contributed by atoms with Crippen LogP contribution in [0, 0.1) is 25.2 Å². The topological polar surface area (TPSA) is 75.4 Å². The second-order valence-electron chi connectivity index (χ2n) is 7.48. The molecule has 2 aromatic rings. The Kier molecular flexibility index (Phi) is 4.61. The molecule has 3 rings (SSSR count). The Balaban J connectivity index is 1.79. The molecule has 1 saturated heterocycles. The summed E-state index contributed by atoms with van der Waals surface area (Å²) in [4.78, 5) is 26.2. The van der Waals surface area contributed by atoms with Gasteiger partial charge < -0.3 is 10.0 Å². The molecule has 1 aliphatic rings. The maximum Gasteiger partial charge on any atom is 0.311 e. The average Bonchev–Trinajstić information content (AvgIpc) is 3.19. The number of rotatable bonds is 4. The van der Waals surface area contributed by atoms with Gasteiger partial charge in [-0.15, -0.1) is 0 Å². The van der Waals surface area contributed by atoms with E-state index in [1.165, 1.54) is 0 Å². The minimum atomic E-state index is -0.848. The van der Waals surface area contributed by atoms with E-state index >= 15 is 0 Å². The van der Waals surface area contributed by atoms with E-state index in [1.54, 1.807) is 17.0 Å². The Morgan fingerprint density at radius 2 is 1.85 bits per heavy atom. The van der Waals surface area contributed by atoms with E-state index in [2.05, 4.69) is 5.10 Å². The van der Waals surface area contributed by atoms with E-state index in [9.17, 15) is 14.7 Å². The van der Waals surface area contributed by atoms with Crippen molar-refractivity contribution in [1.29, 1.82) is 0 Å². The molecule has 0 aliphatic carbocycles. The van der Waals surface area contributed by atoms with Crippen LogP contribution in [0.2, 0.25) is 0 Å². The van der Waals surface area contributed by atoms with E-state index in [1.807, 2.05) is 50.6 Å². The van der Waals surface area contributed by atoms with E-state index in [0.29, 0.717) is 18.5 Å². The number of carbonyl (C=O) groups is 2. The summed E-state index contributed by atoms with van der Waals surface area (Å²) in [6.45, 7) is 8.48. The molecule has 26 heavy (non-hydrogen) atoms. The van der Waals surface area contributed by atoms with Crippen molar-refractivity contribution in [2.45, 2.75) is 34.1 Å². The SMILES string of the molecule is Cc1cc(C)n(-c2ccc(C(=O)N3CCC(C(=O)O)(C(C)C)C3)cc2)n1. The number of amides is 1. The molecule has 0 bridgehead atoms. The van der Waals surface area contributed by atoms with Crippen molar-refractivity contribution < 1.29 is 14.7 Å². The first-order valence-corrected chi connectivity index (χ1v) is 8.91. The highest BCUT2D eigenvalue weighted by Gasteiger charge is 2.48. The van der Waals surface area contributed by atoms with Crippen LogP contribution < -0.4 is 0 Å². The zero-order valence-corrected chi connectivity index (χ0v) is 15.7. The van der Waals surface area contributed by atoms with Gasteiger partial charge in [0.25, 0.3) is 5.91 Å². The normalized spacial score (nSPS) is 20.0. The zero-order chi connectivity index (χ0) is 19.1. The van der Waals surface area contributed by atoms with Gasteiger partial charge in [0.05, 0.1) is 16.8 Å². The van der Waals surface area contributed by atoms with Crippen molar-refractivity contribution in [3.05, 3.63) is 47.3 Å². The lowest BCUT2D eigenvalue weighted by Gasteiger charge is -2.28. The first kappa shape index (κ1) is 18.2. The third-order valence-electron chi connectivity index (χ3n) is 5.49. The highest BCUT2D eigenvalue weighted by molar-refractivity contribution is 5.95. The molecule has 0 radical (unpaired) electrons. The summed E-state index contributed by atoms with van der Waals surface area (Å²) in [6.07, 6.45) is 0.496. The fraction of sp³-hybridized carbons (Fsp3) is 0.450. The van der Waals surface area contributed by atoms with E-state index in [0.717, 1.165) is 17.1 Å². The number of nitrogens with zero attached hydrogens (tertiary/aromatic N) is 3. The highest BCUT2D eigenvalue weighted by atomic mass is 16.4. The van der Waals surface area contributed by atoms with Crippen LogP contribution in [-0.4, -0.2) is 44.8 Å². The molecular weight excluding hydrogens is 330 g/mol.